The van der Waals surface area contributed by atoms with Crippen LogP contribution in [-0.4, -0.2) is 19.0 Å². The van der Waals surface area contributed by atoms with Crippen LogP contribution in [0, 0.1) is 0 Å². The summed E-state index contributed by atoms with van der Waals surface area (Å²) in [5.74, 6) is -0.0503. The minimum Gasteiger partial charge on any atom is -0.372 e. The Morgan fingerprint density at radius 3 is 2.29 bits per heavy atom. The van der Waals surface area contributed by atoms with E-state index in [0.717, 1.165) is 24.3 Å². The molecule has 1 fully saturated rings. The van der Waals surface area contributed by atoms with Crippen LogP contribution in [0.15, 0.2) is 48.5 Å². The molecule has 1 amide bonds. The van der Waals surface area contributed by atoms with E-state index >= 15 is 0 Å². The predicted molar refractivity (Wildman–Crippen MR) is 101 cm³/mol. The lowest BCUT2D eigenvalue weighted by molar-refractivity contribution is -0.115. The van der Waals surface area contributed by atoms with Gasteiger partial charge in [-0.25, -0.2) is 0 Å². The van der Waals surface area contributed by atoms with E-state index in [1.54, 1.807) is 6.07 Å². The molecule has 3 nitrogen and oxygen atoms in total. The number of halogens is 1. The monoisotopic (exact) mass is 342 g/mol. The number of carbonyl (C=O) groups excluding carboxylic acids is 1. The van der Waals surface area contributed by atoms with Crippen LogP contribution in [-0.2, 0) is 11.2 Å². The Labute approximate surface area is 148 Å². The van der Waals surface area contributed by atoms with Gasteiger partial charge in [-0.15, -0.1) is 0 Å². The van der Waals surface area contributed by atoms with Crippen LogP contribution in [0.2, 0.25) is 5.02 Å². The summed E-state index contributed by atoms with van der Waals surface area (Å²) in [6.07, 6.45) is 5.46. The first-order valence-electron chi connectivity index (χ1n) is 8.60. The zero-order valence-electron chi connectivity index (χ0n) is 13.8. The highest BCUT2D eigenvalue weighted by Gasteiger charge is 2.11. The normalized spacial score (nSPS) is 15.0. The molecule has 2 aromatic carbocycles. The number of rotatable bonds is 4. The van der Waals surface area contributed by atoms with E-state index in [2.05, 4.69) is 22.3 Å². The van der Waals surface area contributed by atoms with Crippen LogP contribution in [0.1, 0.15) is 31.2 Å². The SMILES string of the molecule is O=C(Cc1ccccc1Cl)Nc1ccc(N2CCCCCC2)cc1. The molecule has 126 valence electrons. The topological polar surface area (TPSA) is 32.3 Å². The largest absolute Gasteiger partial charge is 0.372 e. The average Bonchev–Trinajstić information content (AvgIpc) is 2.87. The van der Waals surface area contributed by atoms with Crippen LogP contribution in [0.25, 0.3) is 0 Å². The molecule has 0 radical (unpaired) electrons. The molecule has 24 heavy (non-hydrogen) atoms. The van der Waals surface area contributed by atoms with E-state index in [4.69, 9.17) is 11.6 Å². The van der Waals surface area contributed by atoms with E-state index in [-0.39, 0.29) is 12.3 Å². The zero-order valence-corrected chi connectivity index (χ0v) is 14.6. The molecule has 1 aliphatic heterocycles. The van der Waals surface area contributed by atoms with E-state index in [1.165, 1.54) is 31.4 Å². The van der Waals surface area contributed by atoms with Gasteiger partial charge in [0.25, 0.3) is 0 Å². The van der Waals surface area contributed by atoms with Crippen molar-refractivity contribution < 1.29 is 4.79 Å². The Kier molecular flexibility index (Phi) is 5.76. The van der Waals surface area contributed by atoms with Gasteiger partial charge in [-0.05, 0) is 48.7 Å². The molecule has 0 spiro atoms. The Balaban J connectivity index is 1.59. The zero-order chi connectivity index (χ0) is 16.8. The number of hydrogen-bond donors (Lipinski definition) is 1. The van der Waals surface area contributed by atoms with Crippen molar-refractivity contribution in [2.45, 2.75) is 32.1 Å². The Morgan fingerprint density at radius 1 is 0.958 bits per heavy atom. The van der Waals surface area contributed by atoms with Crippen LogP contribution in [0.3, 0.4) is 0 Å². The fraction of sp³-hybridized carbons (Fsp3) is 0.350. The molecule has 1 aliphatic rings. The molecule has 1 saturated heterocycles. The summed E-state index contributed by atoms with van der Waals surface area (Å²) in [7, 11) is 0. The van der Waals surface area contributed by atoms with Gasteiger partial charge in [0.1, 0.15) is 0 Å². The van der Waals surface area contributed by atoms with Crippen LogP contribution >= 0.6 is 11.6 Å². The quantitative estimate of drug-likeness (QED) is 0.856. The maximum absolute atomic E-state index is 12.2. The first kappa shape index (κ1) is 16.8. The molecule has 0 saturated carbocycles. The van der Waals surface area contributed by atoms with Crippen molar-refractivity contribution in [3.05, 3.63) is 59.1 Å². The number of carbonyl (C=O) groups is 1. The van der Waals surface area contributed by atoms with E-state index in [1.807, 2.05) is 30.3 Å². The van der Waals surface area contributed by atoms with Crippen molar-refractivity contribution in [1.29, 1.82) is 0 Å². The van der Waals surface area contributed by atoms with Crippen molar-refractivity contribution in [3.8, 4) is 0 Å². The van der Waals surface area contributed by atoms with E-state index < -0.39 is 0 Å². The van der Waals surface area contributed by atoms with Crippen LogP contribution in [0.4, 0.5) is 11.4 Å². The summed E-state index contributed by atoms with van der Waals surface area (Å²) in [6, 6.07) is 15.6. The standard InChI is InChI=1S/C20H23ClN2O/c21-19-8-4-3-7-16(19)15-20(24)22-17-9-11-18(12-10-17)23-13-5-1-2-6-14-23/h3-4,7-12H,1-2,5-6,13-15H2,(H,22,24). The maximum atomic E-state index is 12.2. The second kappa shape index (κ2) is 8.20. The molecule has 2 aromatic rings. The number of anilines is 2. The lowest BCUT2D eigenvalue weighted by Gasteiger charge is -2.22. The first-order chi connectivity index (χ1) is 11.7. The van der Waals surface area contributed by atoms with E-state index in [0.29, 0.717) is 5.02 Å². The number of amides is 1. The molecule has 4 heteroatoms. The van der Waals surface area contributed by atoms with Gasteiger partial charge >= 0.3 is 0 Å². The van der Waals surface area contributed by atoms with Crippen LogP contribution < -0.4 is 10.2 Å². The van der Waals surface area contributed by atoms with Crippen molar-refractivity contribution in [3.63, 3.8) is 0 Å². The molecule has 1 heterocycles. The highest BCUT2D eigenvalue weighted by molar-refractivity contribution is 6.31. The third-order valence-corrected chi connectivity index (χ3v) is 4.80. The highest BCUT2D eigenvalue weighted by Crippen LogP contribution is 2.22. The summed E-state index contributed by atoms with van der Waals surface area (Å²) in [4.78, 5) is 14.6. The molecule has 0 aromatic heterocycles. The molecule has 0 bridgehead atoms. The highest BCUT2D eigenvalue weighted by atomic mass is 35.5. The fourth-order valence-electron chi connectivity index (χ4n) is 3.10. The summed E-state index contributed by atoms with van der Waals surface area (Å²) in [5.41, 5.74) is 2.91. The summed E-state index contributed by atoms with van der Waals surface area (Å²) in [5, 5.41) is 3.57. The van der Waals surface area contributed by atoms with Crippen molar-refractivity contribution in [1.82, 2.24) is 0 Å². The second-order valence-corrected chi connectivity index (χ2v) is 6.67. The van der Waals surface area contributed by atoms with Gasteiger partial charge in [0.05, 0.1) is 6.42 Å². The summed E-state index contributed by atoms with van der Waals surface area (Å²) in [6.45, 7) is 2.25. The molecular formula is C20H23ClN2O. The molecular weight excluding hydrogens is 320 g/mol. The molecule has 0 aliphatic carbocycles. The molecule has 0 atom stereocenters. The number of hydrogen-bond acceptors (Lipinski definition) is 2. The Bertz CT molecular complexity index is 676. The summed E-state index contributed by atoms with van der Waals surface area (Å²) >= 11 is 6.11. The minimum atomic E-state index is -0.0503. The average molecular weight is 343 g/mol. The molecule has 0 unspecified atom stereocenters. The Hall–Kier alpha value is -2.00. The van der Waals surface area contributed by atoms with Crippen LogP contribution in [0.5, 0.6) is 0 Å². The van der Waals surface area contributed by atoms with Crippen molar-refractivity contribution >= 4 is 28.9 Å². The molecule has 3 rings (SSSR count). The van der Waals surface area contributed by atoms with Gasteiger partial charge < -0.3 is 10.2 Å². The lowest BCUT2D eigenvalue weighted by Crippen LogP contribution is -2.23. The Morgan fingerprint density at radius 2 is 1.62 bits per heavy atom. The van der Waals surface area contributed by atoms with Gasteiger partial charge in [0.2, 0.25) is 5.91 Å². The van der Waals surface area contributed by atoms with Gasteiger partial charge in [-0.2, -0.15) is 0 Å². The van der Waals surface area contributed by atoms with Crippen molar-refractivity contribution in [2.24, 2.45) is 0 Å². The first-order valence-corrected chi connectivity index (χ1v) is 8.98. The number of nitrogens with zero attached hydrogens (tertiary/aromatic N) is 1. The second-order valence-electron chi connectivity index (χ2n) is 6.26. The summed E-state index contributed by atoms with van der Waals surface area (Å²) < 4.78 is 0. The molecule has 1 N–H and O–H groups in total. The fourth-order valence-corrected chi connectivity index (χ4v) is 3.31. The third-order valence-electron chi connectivity index (χ3n) is 4.43. The van der Waals surface area contributed by atoms with Gasteiger partial charge in [-0.1, -0.05) is 42.6 Å². The van der Waals surface area contributed by atoms with Gasteiger partial charge in [-0.3, -0.25) is 4.79 Å². The van der Waals surface area contributed by atoms with E-state index in [9.17, 15) is 4.79 Å². The van der Waals surface area contributed by atoms with Gasteiger partial charge in [0, 0.05) is 29.5 Å². The third kappa shape index (κ3) is 4.51. The van der Waals surface area contributed by atoms with Crippen molar-refractivity contribution in [2.75, 3.05) is 23.3 Å². The number of nitrogens with one attached hydrogen (secondary N) is 1. The predicted octanol–water partition coefficient (Wildman–Crippen LogP) is 4.90. The number of benzene rings is 2. The minimum absolute atomic E-state index is 0.0503. The van der Waals surface area contributed by atoms with Gasteiger partial charge in [0.15, 0.2) is 0 Å². The maximum Gasteiger partial charge on any atom is 0.228 e. The lowest BCUT2D eigenvalue weighted by atomic mass is 10.1. The smallest absolute Gasteiger partial charge is 0.228 e.